The summed E-state index contributed by atoms with van der Waals surface area (Å²) >= 11 is 0. The number of nitrogens with zero attached hydrogens (tertiary/aromatic N) is 2. The number of ether oxygens (including phenoxy) is 1. The van der Waals surface area contributed by atoms with Crippen molar-refractivity contribution >= 4 is 5.91 Å². The second-order valence-corrected chi connectivity index (χ2v) is 6.25. The van der Waals surface area contributed by atoms with Crippen LogP contribution in [-0.2, 0) is 22.5 Å². The quantitative estimate of drug-likeness (QED) is 0.762. The van der Waals surface area contributed by atoms with Crippen molar-refractivity contribution in [1.82, 2.24) is 14.9 Å². The minimum atomic E-state index is 0.179. The minimum Gasteiger partial charge on any atom is -0.383 e. The molecule has 0 aromatic carbocycles. The van der Waals surface area contributed by atoms with Crippen LogP contribution in [0.5, 0.6) is 0 Å². The minimum absolute atomic E-state index is 0.179. The van der Waals surface area contributed by atoms with Crippen LogP contribution in [0.15, 0.2) is 6.20 Å². The maximum absolute atomic E-state index is 11.9. The molecule has 1 fully saturated rings. The van der Waals surface area contributed by atoms with E-state index in [1.165, 1.54) is 25.7 Å². The van der Waals surface area contributed by atoms with Crippen molar-refractivity contribution in [3.05, 3.63) is 17.7 Å². The van der Waals surface area contributed by atoms with Crippen molar-refractivity contribution in [3.63, 3.8) is 0 Å². The lowest BCUT2D eigenvalue weighted by molar-refractivity contribution is -0.121. The van der Waals surface area contributed by atoms with E-state index in [-0.39, 0.29) is 5.91 Å². The molecule has 0 spiro atoms. The SMILES string of the molecule is COCCn1c(C)cnc1CCNC(=O)CCC1CCCC1. The highest BCUT2D eigenvalue weighted by atomic mass is 16.5. The monoisotopic (exact) mass is 307 g/mol. The molecule has 1 heterocycles. The molecule has 1 saturated carbocycles. The second-order valence-electron chi connectivity index (χ2n) is 6.25. The number of amides is 1. The van der Waals surface area contributed by atoms with Gasteiger partial charge >= 0.3 is 0 Å². The molecule has 1 aromatic heterocycles. The van der Waals surface area contributed by atoms with Crippen LogP contribution in [-0.4, -0.2) is 35.7 Å². The Morgan fingerprint density at radius 1 is 1.45 bits per heavy atom. The number of aryl methyl sites for hydroxylation is 1. The molecule has 1 aliphatic rings. The van der Waals surface area contributed by atoms with Crippen molar-refractivity contribution in [2.45, 2.75) is 58.4 Å². The first-order valence-electron chi connectivity index (χ1n) is 8.47. The normalized spacial score (nSPS) is 15.4. The van der Waals surface area contributed by atoms with Crippen LogP contribution in [0.2, 0.25) is 0 Å². The smallest absolute Gasteiger partial charge is 0.220 e. The van der Waals surface area contributed by atoms with Crippen molar-refractivity contribution in [1.29, 1.82) is 0 Å². The van der Waals surface area contributed by atoms with Crippen molar-refractivity contribution in [2.24, 2.45) is 5.92 Å². The Labute approximate surface area is 133 Å². The fraction of sp³-hybridized carbons (Fsp3) is 0.765. The van der Waals surface area contributed by atoms with Gasteiger partial charge < -0.3 is 14.6 Å². The maximum Gasteiger partial charge on any atom is 0.220 e. The predicted octanol–water partition coefficient (Wildman–Crippen LogP) is 2.47. The summed E-state index contributed by atoms with van der Waals surface area (Å²) in [6.45, 7) is 4.20. The third-order valence-electron chi connectivity index (χ3n) is 4.58. The molecule has 0 radical (unpaired) electrons. The summed E-state index contributed by atoms with van der Waals surface area (Å²) in [5.74, 6) is 1.98. The molecule has 0 atom stereocenters. The fourth-order valence-electron chi connectivity index (χ4n) is 3.23. The molecule has 0 saturated heterocycles. The Hall–Kier alpha value is -1.36. The number of aromatic nitrogens is 2. The van der Waals surface area contributed by atoms with Gasteiger partial charge in [0, 0.05) is 44.9 Å². The number of hydrogen-bond donors (Lipinski definition) is 1. The topological polar surface area (TPSA) is 56.1 Å². The zero-order valence-corrected chi connectivity index (χ0v) is 13.9. The van der Waals surface area contributed by atoms with Crippen LogP contribution in [0, 0.1) is 12.8 Å². The number of carbonyl (C=O) groups is 1. The van der Waals surface area contributed by atoms with E-state index in [0.29, 0.717) is 19.6 Å². The Morgan fingerprint density at radius 3 is 2.95 bits per heavy atom. The van der Waals surface area contributed by atoms with Crippen LogP contribution in [0.4, 0.5) is 0 Å². The van der Waals surface area contributed by atoms with Gasteiger partial charge in [-0.2, -0.15) is 0 Å². The molecule has 1 amide bonds. The van der Waals surface area contributed by atoms with E-state index in [1.54, 1.807) is 7.11 Å². The lowest BCUT2D eigenvalue weighted by Gasteiger charge is -2.11. The lowest BCUT2D eigenvalue weighted by atomic mass is 10.0. The van der Waals surface area contributed by atoms with Gasteiger partial charge in [0.2, 0.25) is 5.91 Å². The van der Waals surface area contributed by atoms with E-state index in [4.69, 9.17) is 4.74 Å². The summed E-state index contributed by atoms with van der Waals surface area (Å²) in [6, 6.07) is 0. The summed E-state index contributed by atoms with van der Waals surface area (Å²) in [7, 11) is 1.70. The third-order valence-corrected chi connectivity index (χ3v) is 4.58. The van der Waals surface area contributed by atoms with Gasteiger partial charge in [0.05, 0.1) is 6.61 Å². The highest BCUT2D eigenvalue weighted by Gasteiger charge is 2.16. The summed E-state index contributed by atoms with van der Waals surface area (Å²) in [5.41, 5.74) is 1.14. The lowest BCUT2D eigenvalue weighted by Crippen LogP contribution is -2.27. The molecule has 0 aliphatic heterocycles. The third kappa shape index (κ3) is 5.13. The first-order chi connectivity index (χ1) is 10.7. The van der Waals surface area contributed by atoms with Crippen LogP contribution >= 0.6 is 0 Å². The molecule has 1 N–H and O–H groups in total. The molecule has 2 rings (SSSR count). The average molecular weight is 307 g/mol. The van der Waals surface area contributed by atoms with Crippen LogP contribution in [0.25, 0.3) is 0 Å². The zero-order chi connectivity index (χ0) is 15.8. The second kappa shape index (κ2) is 8.93. The van der Waals surface area contributed by atoms with Gasteiger partial charge in [-0.25, -0.2) is 4.98 Å². The molecular weight excluding hydrogens is 278 g/mol. The van der Waals surface area contributed by atoms with Gasteiger partial charge in [0.25, 0.3) is 0 Å². The molecule has 1 aliphatic carbocycles. The van der Waals surface area contributed by atoms with Gasteiger partial charge in [-0.15, -0.1) is 0 Å². The summed E-state index contributed by atoms with van der Waals surface area (Å²) in [6.07, 6.45) is 9.67. The average Bonchev–Trinajstić information content (AvgIpc) is 3.14. The van der Waals surface area contributed by atoms with E-state index in [0.717, 1.165) is 36.8 Å². The number of nitrogens with one attached hydrogen (secondary N) is 1. The van der Waals surface area contributed by atoms with E-state index in [9.17, 15) is 4.79 Å². The number of methoxy groups -OCH3 is 1. The predicted molar refractivity (Wildman–Crippen MR) is 86.7 cm³/mol. The molecule has 5 heteroatoms. The van der Waals surface area contributed by atoms with Crippen molar-refractivity contribution in [3.8, 4) is 0 Å². The molecule has 5 nitrogen and oxygen atoms in total. The molecule has 124 valence electrons. The van der Waals surface area contributed by atoms with Crippen LogP contribution < -0.4 is 5.32 Å². The molecule has 1 aromatic rings. The Kier molecular flexibility index (Phi) is 6.90. The van der Waals surface area contributed by atoms with Crippen molar-refractivity contribution < 1.29 is 9.53 Å². The molecule has 0 unspecified atom stereocenters. The first kappa shape index (κ1) is 17.0. The van der Waals surface area contributed by atoms with Gasteiger partial charge in [0.1, 0.15) is 5.82 Å². The van der Waals surface area contributed by atoms with Crippen molar-refractivity contribution in [2.75, 3.05) is 20.3 Å². The van der Waals surface area contributed by atoms with Gasteiger partial charge in [0.15, 0.2) is 0 Å². The largest absolute Gasteiger partial charge is 0.383 e. The fourth-order valence-corrected chi connectivity index (χ4v) is 3.23. The zero-order valence-electron chi connectivity index (χ0n) is 13.9. The number of rotatable bonds is 9. The van der Waals surface area contributed by atoms with E-state index < -0.39 is 0 Å². The van der Waals surface area contributed by atoms with E-state index in [1.807, 2.05) is 13.1 Å². The van der Waals surface area contributed by atoms with E-state index >= 15 is 0 Å². The van der Waals surface area contributed by atoms with Gasteiger partial charge in [-0.05, 0) is 19.3 Å². The number of hydrogen-bond acceptors (Lipinski definition) is 3. The summed E-state index contributed by atoms with van der Waals surface area (Å²) in [5, 5.41) is 3.02. The van der Waals surface area contributed by atoms with Gasteiger partial charge in [-0.1, -0.05) is 25.7 Å². The molecular formula is C17H29N3O2. The first-order valence-corrected chi connectivity index (χ1v) is 8.47. The number of carbonyl (C=O) groups excluding carboxylic acids is 1. The number of imidazole rings is 1. The Balaban J connectivity index is 1.68. The Bertz CT molecular complexity index is 464. The standard InChI is InChI=1S/C17H29N3O2/c1-14-13-19-16(20(14)11-12-22-2)9-10-18-17(21)8-7-15-5-3-4-6-15/h13,15H,3-12H2,1-2H3,(H,18,21). The van der Waals surface area contributed by atoms with Gasteiger partial charge in [-0.3, -0.25) is 4.79 Å². The van der Waals surface area contributed by atoms with Crippen LogP contribution in [0.3, 0.4) is 0 Å². The highest BCUT2D eigenvalue weighted by molar-refractivity contribution is 5.75. The molecule has 22 heavy (non-hydrogen) atoms. The Morgan fingerprint density at radius 2 is 2.23 bits per heavy atom. The maximum atomic E-state index is 11.9. The highest BCUT2D eigenvalue weighted by Crippen LogP contribution is 2.28. The summed E-state index contributed by atoms with van der Waals surface area (Å²) < 4.78 is 7.29. The molecule has 0 bridgehead atoms. The van der Waals surface area contributed by atoms with E-state index in [2.05, 4.69) is 14.9 Å². The van der Waals surface area contributed by atoms with Crippen LogP contribution in [0.1, 0.15) is 50.0 Å². The summed E-state index contributed by atoms with van der Waals surface area (Å²) in [4.78, 5) is 16.3.